The van der Waals surface area contributed by atoms with Crippen LogP contribution in [0.4, 0.5) is 0 Å². The first-order chi connectivity index (χ1) is 11.4. The van der Waals surface area contributed by atoms with Gasteiger partial charge in [-0.15, -0.1) is 0 Å². The summed E-state index contributed by atoms with van der Waals surface area (Å²) in [5, 5.41) is 3.71. The first kappa shape index (κ1) is 15.1. The molecule has 0 saturated carbocycles. The van der Waals surface area contributed by atoms with E-state index in [0.717, 1.165) is 22.2 Å². The van der Waals surface area contributed by atoms with Gasteiger partial charge in [-0.2, -0.15) is 0 Å². The lowest BCUT2D eigenvalue weighted by Gasteiger charge is -2.18. The summed E-state index contributed by atoms with van der Waals surface area (Å²) in [6.07, 6.45) is 3.63. The molecule has 0 N–H and O–H groups in total. The molecule has 0 aliphatic heterocycles. The van der Waals surface area contributed by atoms with E-state index in [-0.39, 0.29) is 0 Å². The van der Waals surface area contributed by atoms with E-state index in [4.69, 9.17) is 4.42 Å². The molecule has 0 aliphatic rings. The van der Waals surface area contributed by atoms with Gasteiger partial charge in [-0.05, 0) is 48.0 Å². The first-order valence-corrected chi connectivity index (χ1v) is 11.7. The van der Waals surface area contributed by atoms with Gasteiger partial charge in [0.25, 0.3) is 0 Å². The van der Waals surface area contributed by atoms with Gasteiger partial charge in [0, 0.05) is 28.7 Å². The third kappa shape index (κ3) is 2.34. The molecule has 0 fully saturated rings. The van der Waals surface area contributed by atoms with Gasteiger partial charge >= 0.3 is 0 Å². The topological polar surface area (TPSA) is 38.9 Å². The van der Waals surface area contributed by atoms with Crippen molar-refractivity contribution in [3.05, 3.63) is 54.4 Å². The average Bonchev–Trinajstić information content (AvgIpc) is 2.92. The smallest absolute Gasteiger partial charge is 0.227 e. The Morgan fingerprint density at radius 2 is 1.79 bits per heavy atom. The second kappa shape index (κ2) is 5.28. The summed E-state index contributed by atoms with van der Waals surface area (Å²) in [7, 11) is -1.52. The maximum atomic E-state index is 6.18. The van der Waals surface area contributed by atoms with Crippen LogP contribution >= 0.6 is 0 Å². The molecule has 1 aromatic carbocycles. The Kier molecular flexibility index (Phi) is 3.32. The minimum absolute atomic E-state index is 0.701. The van der Waals surface area contributed by atoms with Gasteiger partial charge in [0.2, 0.25) is 5.71 Å². The highest BCUT2D eigenvalue weighted by molar-refractivity contribution is 6.90. The molecule has 0 atom stereocenters. The van der Waals surface area contributed by atoms with Gasteiger partial charge in [0.15, 0.2) is 0 Å². The molecule has 24 heavy (non-hydrogen) atoms. The van der Waals surface area contributed by atoms with Crippen molar-refractivity contribution in [2.24, 2.45) is 0 Å². The van der Waals surface area contributed by atoms with Crippen LogP contribution in [0.3, 0.4) is 0 Å². The number of aryl methyl sites for hydroxylation is 1. The van der Waals surface area contributed by atoms with Crippen molar-refractivity contribution in [2.75, 3.05) is 0 Å². The molecular weight excluding hydrogens is 312 g/mol. The zero-order valence-electron chi connectivity index (χ0n) is 14.4. The van der Waals surface area contributed by atoms with E-state index in [1.165, 1.54) is 16.1 Å². The number of hydrogen-bond donors (Lipinski definition) is 0. The fraction of sp³-hybridized carbons (Fsp3) is 0.200. The molecule has 0 radical (unpaired) electrons. The number of nitrogens with zero attached hydrogens (tertiary/aromatic N) is 2. The molecule has 3 heterocycles. The van der Waals surface area contributed by atoms with Crippen molar-refractivity contribution in [1.82, 2.24) is 9.97 Å². The predicted molar refractivity (Wildman–Crippen MR) is 102 cm³/mol. The Morgan fingerprint density at radius 3 is 2.54 bits per heavy atom. The van der Waals surface area contributed by atoms with Crippen LogP contribution in [0.2, 0.25) is 19.6 Å². The summed E-state index contributed by atoms with van der Waals surface area (Å²) in [5.41, 5.74) is 4.78. The van der Waals surface area contributed by atoms with Crippen LogP contribution < -0.4 is 5.19 Å². The maximum absolute atomic E-state index is 6.18. The normalized spacial score (nSPS) is 12.2. The Hall–Kier alpha value is -2.46. The first-order valence-electron chi connectivity index (χ1n) is 8.19. The lowest BCUT2D eigenvalue weighted by molar-refractivity contribution is 0.655. The quantitative estimate of drug-likeness (QED) is 0.490. The van der Waals surface area contributed by atoms with E-state index in [9.17, 15) is 0 Å². The molecule has 0 amide bonds. The molecule has 3 aromatic heterocycles. The number of benzene rings is 1. The highest BCUT2D eigenvalue weighted by Gasteiger charge is 2.24. The van der Waals surface area contributed by atoms with Crippen LogP contribution in [0.5, 0.6) is 0 Å². The van der Waals surface area contributed by atoms with Crippen LogP contribution in [0.15, 0.2) is 53.2 Å². The van der Waals surface area contributed by atoms with E-state index >= 15 is 0 Å². The van der Waals surface area contributed by atoms with E-state index in [2.05, 4.69) is 60.8 Å². The van der Waals surface area contributed by atoms with Crippen LogP contribution in [-0.2, 0) is 0 Å². The standard InChI is InChI=1S/C20H20N2OSi/c1-13-9-11-21-16(12-13)14-7-8-17(24(2,3)4)18-15-6-5-10-22-20(15)23-19(14)18/h5-12H,1-4H3. The minimum atomic E-state index is -1.52. The second-order valence-corrected chi connectivity index (χ2v) is 12.3. The highest BCUT2D eigenvalue weighted by atomic mass is 28.3. The number of rotatable bonds is 2. The predicted octanol–water partition coefficient (Wildman–Crippen LogP) is 4.90. The van der Waals surface area contributed by atoms with Gasteiger partial charge in [-0.25, -0.2) is 4.98 Å². The number of hydrogen-bond acceptors (Lipinski definition) is 3. The van der Waals surface area contributed by atoms with Gasteiger partial charge in [-0.1, -0.05) is 25.7 Å². The van der Waals surface area contributed by atoms with Crippen LogP contribution in [0.25, 0.3) is 33.3 Å². The molecule has 0 aliphatic carbocycles. The molecule has 4 aromatic rings. The van der Waals surface area contributed by atoms with E-state index in [0.29, 0.717) is 5.71 Å². The SMILES string of the molecule is Cc1ccnc(-c2ccc([Si](C)(C)C)c3c2oc2ncccc23)c1. The highest BCUT2D eigenvalue weighted by Crippen LogP contribution is 2.34. The summed E-state index contributed by atoms with van der Waals surface area (Å²) in [5.74, 6) is 0. The Morgan fingerprint density at radius 1 is 0.958 bits per heavy atom. The van der Waals surface area contributed by atoms with Crippen molar-refractivity contribution in [1.29, 1.82) is 0 Å². The van der Waals surface area contributed by atoms with Gasteiger partial charge in [0.05, 0.1) is 13.8 Å². The molecule has 120 valence electrons. The van der Waals surface area contributed by atoms with E-state index in [1.807, 2.05) is 18.3 Å². The lowest BCUT2D eigenvalue weighted by atomic mass is 10.1. The van der Waals surface area contributed by atoms with E-state index in [1.54, 1.807) is 6.20 Å². The zero-order valence-corrected chi connectivity index (χ0v) is 15.4. The van der Waals surface area contributed by atoms with Gasteiger partial charge < -0.3 is 4.42 Å². The maximum Gasteiger partial charge on any atom is 0.227 e. The Labute approximate surface area is 142 Å². The minimum Gasteiger partial charge on any atom is -0.437 e. The van der Waals surface area contributed by atoms with Crippen molar-refractivity contribution < 1.29 is 4.42 Å². The summed E-state index contributed by atoms with van der Waals surface area (Å²) < 4.78 is 6.18. The monoisotopic (exact) mass is 332 g/mol. The second-order valence-electron chi connectivity index (χ2n) is 7.29. The van der Waals surface area contributed by atoms with E-state index < -0.39 is 8.07 Å². The molecule has 3 nitrogen and oxygen atoms in total. The molecule has 0 saturated heterocycles. The van der Waals surface area contributed by atoms with Gasteiger partial charge in [-0.3, -0.25) is 4.98 Å². The molecule has 0 unspecified atom stereocenters. The molecule has 0 spiro atoms. The average molecular weight is 332 g/mol. The largest absolute Gasteiger partial charge is 0.437 e. The van der Waals surface area contributed by atoms with Crippen LogP contribution in [0.1, 0.15) is 5.56 Å². The Balaban J connectivity index is 2.15. The Bertz CT molecular complexity index is 1060. The number of aromatic nitrogens is 2. The summed E-state index contributed by atoms with van der Waals surface area (Å²) in [6.45, 7) is 9.17. The van der Waals surface area contributed by atoms with Crippen molar-refractivity contribution >= 4 is 35.3 Å². The lowest BCUT2D eigenvalue weighted by Crippen LogP contribution is -2.37. The van der Waals surface area contributed by atoms with Crippen molar-refractivity contribution in [2.45, 2.75) is 26.6 Å². The van der Waals surface area contributed by atoms with Gasteiger partial charge in [0.1, 0.15) is 5.58 Å². The molecule has 0 bridgehead atoms. The molecule has 4 heteroatoms. The van der Waals surface area contributed by atoms with Crippen LogP contribution in [-0.4, -0.2) is 18.0 Å². The van der Waals surface area contributed by atoms with Crippen molar-refractivity contribution in [3.63, 3.8) is 0 Å². The molecule has 4 rings (SSSR count). The third-order valence-electron chi connectivity index (χ3n) is 4.40. The summed E-state index contributed by atoms with van der Waals surface area (Å²) in [6, 6.07) is 12.6. The third-order valence-corrected chi connectivity index (χ3v) is 6.43. The number of pyridine rings is 2. The summed E-state index contributed by atoms with van der Waals surface area (Å²) >= 11 is 0. The number of fused-ring (bicyclic) bond motifs is 3. The van der Waals surface area contributed by atoms with Crippen LogP contribution in [0, 0.1) is 6.92 Å². The summed E-state index contributed by atoms with van der Waals surface area (Å²) in [4.78, 5) is 8.98. The number of furan rings is 1. The van der Waals surface area contributed by atoms with Crippen molar-refractivity contribution in [3.8, 4) is 11.3 Å². The fourth-order valence-corrected chi connectivity index (χ4v) is 4.81. The molecular formula is C20H20N2OSi. The zero-order chi connectivity index (χ0) is 16.9. The fourth-order valence-electron chi connectivity index (χ4n) is 3.23.